The van der Waals surface area contributed by atoms with Crippen molar-refractivity contribution < 1.29 is 14.3 Å². The van der Waals surface area contributed by atoms with Gasteiger partial charge in [-0.3, -0.25) is 4.79 Å². The number of rotatable bonds is 3. The summed E-state index contributed by atoms with van der Waals surface area (Å²) >= 11 is 0. The number of carbonyl (C=O) groups excluding carboxylic acids is 2. The number of nitrogen functional groups attached to an aromatic ring is 1. The highest BCUT2D eigenvalue weighted by Gasteiger charge is 2.26. The third kappa shape index (κ3) is 3.90. The van der Waals surface area contributed by atoms with E-state index in [4.69, 9.17) is 10.5 Å². The Kier molecular flexibility index (Phi) is 3.89. The minimum Gasteiger partial charge on any atom is -0.459 e. The fourth-order valence-electron chi connectivity index (χ4n) is 1.34. The Hall–Kier alpha value is -1.84. The molecule has 0 aliphatic rings. The predicted molar refractivity (Wildman–Crippen MR) is 65.5 cm³/mol. The molecule has 4 heteroatoms. The first kappa shape index (κ1) is 13.2. The zero-order valence-corrected chi connectivity index (χ0v) is 10.3. The molecule has 92 valence electrons. The van der Waals surface area contributed by atoms with E-state index >= 15 is 0 Å². The van der Waals surface area contributed by atoms with Crippen LogP contribution in [0.3, 0.4) is 0 Å². The maximum Gasteiger partial charge on any atom is 0.321 e. The molecule has 0 saturated heterocycles. The third-order valence-corrected chi connectivity index (χ3v) is 2.09. The molecule has 4 nitrogen and oxygen atoms in total. The lowest BCUT2D eigenvalue weighted by Gasteiger charge is -2.21. The molecule has 0 saturated carbocycles. The molecule has 0 aliphatic heterocycles. The number of aldehydes is 1. The first-order chi connectivity index (χ1) is 7.83. The normalized spacial score (nSPS) is 12.9. The Morgan fingerprint density at radius 3 is 2.24 bits per heavy atom. The van der Waals surface area contributed by atoms with Crippen molar-refractivity contribution in [3.63, 3.8) is 0 Å². The van der Waals surface area contributed by atoms with Gasteiger partial charge in [0.1, 0.15) is 17.8 Å². The van der Waals surface area contributed by atoms with E-state index in [2.05, 4.69) is 0 Å². The summed E-state index contributed by atoms with van der Waals surface area (Å²) in [5.74, 6) is -1.44. The summed E-state index contributed by atoms with van der Waals surface area (Å²) < 4.78 is 5.17. The van der Waals surface area contributed by atoms with Crippen LogP contribution in [-0.2, 0) is 14.3 Å². The van der Waals surface area contributed by atoms with Crippen molar-refractivity contribution in [3.05, 3.63) is 29.8 Å². The maximum atomic E-state index is 11.8. The van der Waals surface area contributed by atoms with Crippen molar-refractivity contribution >= 4 is 17.9 Å². The fraction of sp³-hybridized carbons (Fsp3) is 0.385. The first-order valence-electron chi connectivity index (χ1n) is 5.37. The molecule has 0 aliphatic carbocycles. The van der Waals surface area contributed by atoms with Crippen LogP contribution in [0.1, 0.15) is 32.3 Å². The highest BCUT2D eigenvalue weighted by Crippen LogP contribution is 2.20. The summed E-state index contributed by atoms with van der Waals surface area (Å²) in [5.41, 5.74) is 6.11. The van der Waals surface area contributed by atoms with Gasteiger partial charge in [0.2, 0.25) is 0 Å². The van der Waals surface area contributed by atoms with E-state index in [9.17, 15) is 9.59 Å². The van der Waals surface area contributed by atoms with E-state index < -0.39 is 17.5 Å². The van der Waals surface area contributed by atoms with Gasteiger partial charge >= 0.3 is 5.97 Å². The number of hydrogen-bond donors (Lipinski definition) is 1. The van der Waals surface area contributed by atoms with E-state index in [1.807, 2.05) is 0 Å². The molecule has 0 radical (unpaired) electrons. The van der Waals surface area contributed by atoms with Gasteiger partial charge in [0.05, 0.1) is 0 Å². The second kappa shape index (κ2) is 4.99. The smallest absolute Gasteiger partial charge is 0.321 e. The number of hydrogen-bond acceptors (Lipinski definition) is 4. The van der Waals surface area contributed by atoms with Gasteiger partial charge in [-0.05, 0) is 38.5 Å². The maximum absolute atomic E-state index is 11.8. The number of esters is 1. The van der Waals surface area contributed by atoms with Crippen LogP contribution in [0.2, 0.25) is 0 Å². The Balaban J connectivity index is 2.88. The van der Waals surface area contributed by atoms with Crippen LogP contribution < -0.4 is 5.73 Å². The highest BCUT2D eigenvalue weighted by atomic mass is 16.6. The number of benzene rings is 1. The number of carbonyl (C=O) groups is 2. The minimum absolute atomic E-state index is 0.544. The van der Waals surface area contributed by atoms with Gasteiger partial charge in [0.15, 0.2) is 0 Å². The van der Waals surface area contributed by atoms with Crippen LogP contribution >= 0.6 is 0 Å². The number of ether oxygens (including phenoxy) is 1. The van der Waals surface area contributed by atoms with Crippen LogP contribution in [0.15, 0.2) is 24.3 Å². The zero-order valence-electron chi connectivity index (χ0n) is 10.3. The van der Waals surface area contributed by atoms with Crippen molar-refractivity contribution in [2.24, 2.45) is 0 Å². The lowest BCUT2D eigenvalue weighted by atomic mass is 10.0. The molecule has 1 unspecified atom stereocenters. The Labute approximate surface area is 101 Å². The van der Waals surface area contributed by atoms with Gasteiger partial charge in [-0.15, -0.1) is 0 Å². The van der Waals surface area contributed by atoms with Crippen molar-refractivity contribution in [1.82, 2.24) is 0 Å². The molecule has 0 aromatic heterocycles. The monoisotopic (exact) mass is 235 g/mol. The van der Waals surface area contributed by atoms with Crippen molar-refractivity contribution in [2.45, 2.75) is 32.3 Å². The fourth-order valence-corrected chi connectivity index (χ4v) is 1.34. The molecule has 1 rings (SSSR count). The summed E-state index contributed by atoms with van der Waals surface area (Å²) in [5, 5.41) is 0. The molecular formula is C13H17NO3. The zero-order chi connectivity index (χ0) is 13.1. The van der Waals surface area contributed by atoms with E-state index in [0.29, 0.717) is 17.5 Å². The van der Waals surface area contributed by atoms with E-state index in [1.165, 1.54) is 0 Å². The number of anilines is 1. The summed E-state index contributed by atoms with van der Waals surface area (Å²) in [6.45, 7) is 5.28. The third-order valence-electron chi connectivity index (χ3n) is 2.09. The average Bonchev–Trinajstić information content (AvgIpc) is 2.19. The molecule has 1 atom stereocenters. The number of nitrogens with two attached hydrogens (primary N) is 1. The van der Waals surface area contributed by atoms with Gasteiger partial charge in [-0.2, -0.15) is 0 Å². The van der Waals surface area contributed by atoms with Gasteiger partial charge in [0.25, 0.3) is 0 Å². The van der Waals surface area contributed by atoms with E-state index in [-0.39, 0.29) is 0 Å². The molecular weight excluding hydrogens is 218 g/mol. The second-order valence-electron chi connectivity index (χ2n) is 4.81. The molecule has 0 heterocycles. The lowest BCUT2D eigenvalue weighted by Crippen LogP contribution is -2.28. The standard InChI is InChI=1S/C13H17NO3/c1-13(2,3)17-12(16)11(8-15)9-4-6-10(14)7-5-9/h4-8,11H,14H2,1-3H3. The summed E-state index contributed by atoms with van der Waals surface area (Å²) in [6.07, 6.45) is 0.583. The summed E-state index contributed by atoms with van der Waals surface area (Å²) in [6, 6.07) is 6.60. The Bertz CT molecular complexity index is 404. The topological polar surface area (TPSA) is 69.4 Å². The second-order valence-corrected chi connectivity index (χ2v) is 4.81. The van der Waals surface area contributed by atoms with Crippen molar-refractivity contribution in [2.75, 3.05) is 5.73 Å². The molecule has 1 aromatic carbocycles. The average molecular weight is 235 g/mol. The molecule has 17 heavy (non-hydrogen) atoms. The minimum atomic E-state index is -0.894. The molecule has 0 spiro atoms. The molecule has 0 fully saturated rings. The largest absolute Gasteiger partial charge is 0.459 e. The summed E-state index contributed by atoms with van der Waals surface area (Å²) in [7, 11) is 0. The van der Waals surface area contributed by atoms with Crippen molar-refractivity contribution in [3.8, 4) is 0 Å². The van der Waals surface area contributed by atoms with Crippen LogP contribution in [0.4, 0.5) is 5.69 Å². The quantitative estimate of drug-likeness (QED) is 0.376. The van der Waals surface area contributed by atoms with Gasteiger partial charge in [-0.1, -0.05) is 12.1 Å². The highest BCUT2D eigenvalue weighted by molar-refractivity contribution is 5.94. The predicted octanol–water partition coefficient (Wildman–Crippen LogP) is 1.89. The van der Waals surface area contributed by atoms with Crippen LogP contribution in [0, 0.1) is 0 Å². The molecule has 0 amide bonds. The SMILES string of the molecule is CC(C)(C)OC(=O)C(C=O)c1ccc(N)cc1. The van der Waals surface area contributed by atoms with E-state index in [0.717, 1.165) is 0 Å². The van der Waals surface area contributed by atoms with E-state index in [1.54, 1.807) is 45.0 Å². The molecule has 0 bridgehead atoms. The van der Waals surface area contributed by atoms with Gasteiger partial charge in [-0.25, -0.2) is 0 Å². The molecule has 2 N–H and O–H groups in total. The van der Waals surface area contributed by atoms with Crippen LogP contribution in [0.5, 0.6) is 0 Å². The Morgan fingerprint density at radius 1 is 1.29 bits per heavy atom. The van der Waals surface area contributed by atoms with Crippen LogP contribution in [0.25, 0.3) is 0 Å². The molecule has 1 aromatic rings. The summed E-state index contributed by atoms with van der Waals surface area (Å²) in [4.78, 5) is 22.8. The van der Waals surface area contributed by atoms with Gasteiger partial charge in [0, 0.05) is 5.69 Å². The van der Waals surface area contributed by atoms with Crippen molar-refractivity contribution in [1.29, 1.82) is 0 Å². The lowest BCUT2D eigenvalue weighted by molar-refractivity contribution is -0.157. The first-order valence-corrected chi connectivity index (χ1v) is 5.37. The Morgan fingerprint density at radius 2 is 1.82 bits per heavy atom. The van der Waals surface area contributed by atoms with Gasteiger partial charge < -0.3 is 15.3 Å². The van der Waals surface area contributed by atoms with Crippen LogP contribution in [-0.4, -0.2) is 17.9 Å².